The van der Waals surface area contributed by atoms with Gasteiger partial charge in [0.25, 0.3) is 11.8 Å². The van der Waals surface area contributed by atoms with Crippen LogP contribution < -0.4 is 5.32 Å². The van der Waals surface area contributed by atoms with Gasteiger partial charge >= 0.3 is 0 Å². The van der Waals surface area contributed by atoms with Gasteiger partial charge in [0.05, 0.1) is 24.6 Å². The second-order valence-corrected chi connectivity index (χ2v) is 8.47. The number of rotatable bonds is 7. The van der Waals surface area contributed by atoms with Crippen LogP contribution in [-0.2, 0) is 19.0 Å². The monoisotopic (exact) mass is 420 g/mol. The Labute approximate surface area is 174 Å². The van der Waals surface area contributed by atoms with Gasteiger partial charge in [0.1, 0.15) is 11.7 Å². The van der Waals surface area contributed by atoms with Crippen LogP contribution >= 0.6 is 11.3 Å². The quantitative estimate of drug-likeness (QED) is 0.697. The zero-order valence-electron chi connectivity index (χ0n) is 17.3. The van der Waals surface area contributed by atoms with E-state index in [0.717, 1.165) is 15.6 Å². The third-order valence-electron chi connectivity index (χ3n) is 5.13. The number of methoxy groups -OCH3 is 2. The molecule has 1 fully saturated rings. The van der Waals surface area contributed by atoms with Crippen molar-refractivity contribution in [2.75, 3.05) is 47.1 Å². The van der Waals surface area contributed by atoms with Gasteiger partial charge in [-0.3, -0.25) is 9.59 Å². The minimum absolute atomic E-state index is 0.0843. The van der Waals surface area contributed by atoms with E-state index in [1.807, 2.05) is 24.3 Å². The maximum absolute atomic E-state index is 12.9. The summed E-state index contributed by atoms with van der Waals surface area (Å²) in [5.74, 6) is -0.235. The molecule has 8 heteroatoms. The van der Waals surface area contributed by atoms with Gasteiger partial charge in [-0.25, -0.2) is 0 Å². The maximum atomic E-state index is 12.9. The molecule has 2 heterocycles. The van der Waals surface area contributed by atoms with Gasteiger partial charge in [0.2, 0.25) is 0 Å². The molecular weight excluding hydrogens is 392 g/mol. The van der Waals surface area contributed by atoms with Crippen LogP contribution in [0, 0.1) is 0 Å². The summed E-state index contributed by atoms with van der Waals surface area (Å²) in [5, 5.41) is 3.88. The van der Waals surface area contributed by atoms with Crippen LogP contribution in [0.1, 0.15) is 35.2 Å². The van der Waals surface area contributed by atoms with E-state index in [0.29, 0.717) is 37.7 Å². The van der Waals surface area contributed by atoms with Crippen LogP contribution in [-0.4, -0.2) is 69.4 Å². The molecule has 0 saturated carbocycles. The Balaban J connectivity index is 1.92. The maximum Gasteiger partial charge on any atom is 0.261 e. The van der Waals surface area contributed by atoms with Gasteiger partial charge in [0.15, 0.2) is 0 Å². The molecule has 3 rings (SSSR count). The molecule has 0 unspecified atom stereocenters. The molecule has 1 aromatic heterocycles. The summed E-state index contributed by atoms with van der Waals surface area (Å²) in [6, 6.07) is 7.89. The number of carbonyl (C=O) groups excluding carboxylic acids is 2. The zero-order chi connectivity index (χ0) is 21.0. The van der Waals surface area contributed by atoms with E-state index in [1.165, 1.54) is 18.4 Å². The predicted octanol–water partition coefficient (Wildman–Crippen LogP) is 2.60. The molecule has 1 saturated heterocycles. The van der Waals surface area contributed by atoms with Crippen LogP contribution in [0.2, 0.25) is 0 Å². The topological polar surface area (TPSA) is 77.1 Å². The number of hydrogen-bond donors (Lipinski definition) is 1. The minimum Gasteiger partial charge on any atom is -0.383 e. The van der Waals surface area contributed by atoms with Crippen molar-refractivity contribution in [2.24, 2.45) is 0 Å². The third-order valence-corrected chi connectivity index (χ3v) is 6.32. The lowest BCUT2D eigenvalue weighted by Gasteiger charge is -2.37. The first kappa shape index (κ1) is 21.7. The number of hydrogen-bond acceptors (Lipinski definition) is 6. The lowest BCUT2D eigenvalue weighted by molar-refractivity contribution is -0.158. The standard InChI is InChI=1S/C21H28N2O5S/c1-21(2,27-4)20(25)23-10-12-28-15(13-23)17-14-7-5-6-8-16(14)29-18(17)19(24)22-9-11-26-3/h5-8,15H,9-13H2,1-4H3,(H,22,24)/t15-/m1/s1. The van der Waals surface area contributed by atoms with Crippen molar-refractivity contribution in [3.8, 4) is 0 Å². The van der Waals surface area contributed by atoms with E-state index in [4.69, 9.17) is 14.2 Å². The van der Waals surface area contributed by atoms with Crippen molar-refractivity contribution < 1.29 is 23.8 Å². The Kier molecular flexibility index (Phi) is 6.89. The fraction of sp³-hybridized carbons (Fsp3) is 0.524. The van der Waals surface area contributed by atoms with E-state index in [2.05, 4.69) is 5.32 Å². The van der Waals surface area contributed by atoms with Crippen LogP contribution in [0.5, 0.6) is 0 Å². The van der Waals surface area contributed by atoms with Crippen LogP contribution in [0.25, 0.3) is 10.1 Å². The normalized spacial score (nSPS) is 17.5. The Morgan fingerprint density at radius 2 is 2.07 bits per heavy atom. The number of nitrogens with one attached hydrogen (secondary N) is 1. The summed E-state index contributed by atoms with van der Waals surface area (Å²) >= 11 is 1.44. The lowest BCUT2D eigenvalue weighted by atomic mass is 10.0. The summed E-state index contributed by atoms with van der Waals surface area (Å²) in [4.78, 5) is 28.1. The van der Waals surface area contributed by atoms with Crippen molar-refractivity contribution >= 4 is 33.2 Å². The van der Waals surface area contributed by atoms with Crippen LogP contribution in [0.4, 0.5) is 0 Å². The first-order valence-corrected chi connectivity index (χ1v) is 10.5. The number of amides is 2. The molecule has 1 N–H and O–H groups in total. The van der Waals surface area contributed by atoms with E-state index in [1.54, 1.807) is 25.9 Å². The van der Waals surface area contributed by atoms with Gasteiger partial charge in [-0.2, -0.15) is 0 Å². The number of thiophene rings is 1. The molecular formula is C21H28N2O5S. The largest absolute Gasteiger partial charge is 0.383 e. The lowest BCUT2D eigenvalue weighted by Crippen LogP contribution is -2.51. The second kappa shape index (κ2) is 9.21. The summed E-state index contributed by atoms with van der Waals surface area (Å²) in [6.07, 6.45) is -0.375. The van der Waals surface area contributed by atoms with Crippen molar-refractivity contribution in [1.29, 1.82) is 0 Å². The predicted molar refractivity (Wildman–Crippen MR) is 112 cm³/mol. The number of ether oxygens (including phenoxy) is 3. The number of nitrogens with zero attached hydrogens (tertiary/aromatic N) is 1. The third kappa shape index (κ3) is 4.61. The fourth-order valence-corrected chi connectivity index (χ4v) is 4.55. The van der Waals surface area contributed by atoms with E-state index >= 15 is 0 Å². The molecule has 1 aromatic carbocycles. The number of carbonyl (C=O) groups is 2. The second-order valence-electron chi connectivity index (χ2n) is 7.41. The number of benzene rings is 1. The van der Waals surface area contributed by atoms with Crippen molar-refractivity contribution in [2.45, 2.75) is 25.6 Å². The van der Waals surface area contributed by atoms with Crippen molar-refractivity contribution in [1.82, 2.24) is 10.2 Å². The Morgan fingerprint density at radius 1 is 1.31 bits per heavy atom. The summed E-state index contributed by atoms with van der Waals surface area (Å²) in [6.45, 7) is 5.68. The van der Waals surface area contributed by atoms with Crippen molar-refractivity contribution in [3.05, 3.63) is 34.7 Å². The molecule has 0 spiro atoms. The molecule has 7 nitrogen and oxygen atoms in total. The molecule has 0 aliphatic carbocycles. The van der Waals surface area contributed by atoms with Gasteiger partial charge in [0, 0.05) is 37.6 Å². The average molecular weight is 421 g/mol. The van der Waals surface area contributed by atoms with Crippen molar-refractivity contribution in [3.63, 3.8) is 0 Å². The van der Waals surface area contributed by atoms with Gasteiger partial charge in [-0.05, 0) is 25.3 Å². The molecule has 1 atom stereocenters. The highest BCUT2D eigenvalue weighted by Gasteiger charge is 2.37. The first-order chi connectivity index (χ1) is 13.9. The van der Waals surface area contributed by atoms with E-state index in [-0.39, 0.29) is 17.9 Å². The smallest absolute Gasteiger partial charge is 0.261 e. The highest BCUT2D eigenvalue weighted by atomic mass is 32.1. The number of fused-ring (bicyclic) bond motifs is 1. The Morgan fingerprint density at radius 3 is 2.79 bits per heavy atom. The molecule has 1 aliphatic rings. The average Bonchev–Trinajstić information content (AvgIpc) is 3.13. The Bertz CT molecular complexity index is 879. The zero-order valence-corrected chi connectivity index (χ0v) is 18.1. The Hall–Kier alpha value is -2.00. The fourth-order valence-electron chi connectivity index (χ4n) is 3.38. The van der Waals surface area contributed by atoms with E-state index < -0.39 is 5.60 Å². The molecule has 1 aliphatic heterocycles. The van der Waals surface area contributed by atoms with Gasteiger partial charge in [-0.1, -0.05) is 18.2 Å². The van der Waals surface area contributed by atoms with E-state index in [9.17, 15) is 9.59 Å². The summed E-state index contributed by atoms with van der Waals surface area (Å²) in [5.41, 5.74) is -0.0628. The molecule has 0 radical (unpaired) electrons. The van der Waals surface area contributed by atoms with Crippen LogP contribution in [0.3, 0.4) is 0 Å². The SMILES string of the molecule is COCCNC(=O)c1sc2ccccc2c1[C@H]1CN(C(=O)C(C)(C)OC)CCO1. The number of morpholine rings is 1. The molecule has 0 bridgehead atoms. The summed E-state index contributed by atoms with van der Waals surface area (Å²) < 4.78 is 17.4. The molecule has 2 amide bonds. The molecule has 158 valence electrons. The summed E-state index contributed by atoms with van der Waals surface area (Å²) in [7, 11) is 3.13. The highest BCUT2D eigenvalue weighted by Crippen LogP contribution is 2.38. The minimum atomic E-state index is -0.904. The van der Waals surface area contributed by atoms with Crippen LogP contribution in [0.15, 0.2) is 24.3 Å². The molecule has 29 heavy (non-hydrogen) atoms. The highest BCUT2D eigenvalue weighted by molar-refractivity contribution is 7.21. The first-order valence-electron chi connectivity index (χ1n) is 9.63. The van der Waals surface area contributed by atoms with Gasteiger partial charge < -0.3 is 24.4 Å². The molecule has 2 aromatic rings. The van der Waals surface area contributed by atoms with Gasteiger partial charge in [-0.15, -0.1) is 11.3 Å².